The summed E-state index contributed by atoms with van der Waals surface area (Å²) in [6.07, 6.45) is 1.98. The molecule has 0 aliphatic carbocycles. The van der Waals surface area contributed by atoms with Crippen molar-refractivity contribution in [2.24, 2.45) is 0 Å². The van der Waals surface area contributed by atoms with Crippen molar-refractivity contribution >= 4 is 16.9 Å². The van der Waals surface area contributed by atoms with Crippen molar-refractivity contribution in [2.75, 3.05) is 13.1 Å². The van der Waals surface area contributed by atoms with Gasteiger partial charge in [0, 0.05) is 24.2 Å². The highest BCUT2D eigenvalue weighted by Gasteiger charge is 2.36. The Labute approximate surface area is 194 Å². The number of aromatic amines is 1. The molecule has 3 heterocycles. The maximum Gasteiger partial charge on any atom is 0.265 e. The van der Waals surface area contributed by atoms with E-state index in [9.17, 15) is 19.1 Å². The summed E-state index contributed by atoms with van der Waals surface area (Å²) in [5.74, 6) is -0.248. The summed E-state index contributed by atoms with van der Waals surface area (Å²) in [5.41, 5.74) is 0.265. The lowest BCUT2D eigenvalue weighted by atomic mass is 9.90. The van der Waals surface area contributed by atoms with Gasteiger partial charge in [0.25, 0.3) is 11.5 Å². The van der Waals surface area contributed by atoms with Crippen LogP contribution in [0.5, 0.6) is 0 Å². The normalized spacial score (nSPS) is 15.6. The van der Waals surface area contributed by atoms with Crippen molar-refractivity contribution in [2.45, 2.75) is 31.9 Å². The Kier molecular flexibility index (Phi) is 5.49. The third-order valence-electron chi connectivity index (χ3n) is 6.53. The van der Waals surface area contributed by atoms with Gasteiger partial charge < -0.3 is 10.0 Å². The van der Waals surface area contributed by atoms with E-state index in [0.717, 1.165) is 5.56 Å². The van der Waals surface area contributed by atoms with Gasteiger partial charge in [0.1, 0.15) is 17.0 Å². The molecule has 2 aromatic carbocycles. The molecule has 0 unspecified atom stereocenters. The zero-order valence-corrected chi connectivity index (χ0v) is 18.7. The van der Waals surface area contributed by atoms with E-state index >= 15 is 0 Å². The Morgan fingerprint density at radius 1 is 1.15 bits per heavy atom. The molecular weight excluding hydrogens is 437 g/mol. The average molecular weight is 461 g/mol. The van der Waals surface area contributed by atoms with E-state index in [1.54, 1.807) is 17.9 Å². The molecule has 1 amide bonds. The molecule has 1 aliphatic rings. The standard InChI is InChI=1S/C25H24FN5O3/c1-16-18(8-5-9-20(16)26)23(32)30-12-10-25(34,11-13-30)15-31-22(17-6-3-2-4-7-17)28-21-19(24(31)33)14-27-29-21/h2-9,14,34H,10-13,15H2,1H3,(H,27,29). The van der Waals surface area contributed by atoms with E-state index < -0.39 is 11.4 Å². The fourth-order valence-electron chi connectivity index (χ4n) is 4.47. The van der Waals surface area contributed by atoms with Gasteiger partial charge in [0.2, 0.25) is 0 Å². The van der Waals surface area contributed by atoms with Gasteiger partial charge in [-0.15, -0.1) is 0 Å². The molecule has 1 aliphatic heterocycles. The summed E-state index contributed by atoms with van der Waals surface area (Å²) < 4.78 is 15.4. The van der Waals surface area contributed by atoms with Crippen molar-refractivity contribution in [1.29, 1.82) is 0 Å². The maximum atomic E-state index is 13.9. The molecule has 4 aromatic rings. The predicted octanol–water partition coefficient (Wildman–Crippen LogP) is 2.90. The molecule has 0 saturated carbocycles. The number of likely N-dealkylation sites (tertiary alicyclic amines) is 1. The van der Waals surface area contributed by atoms with Crippen molar-refractivity contribution < 1.29 is 14.3 Å². The lowest BCUT2D eigenvalue weighted by Crippen LogP contribution is -2.50. The zero-order valence-electron chi connectivity index (χ0n) is 18.7. The van der Waals surface area contributed by atoms with Crippen molar-refractivity contribution in [3.05, 3.63) is 82.0 Å². The Hall–Kier alpha value is -3.85. The molecule has 5 rings (SSSR count). The minimum absolute atomic E-state index is 0.0329. The summed E-state index contributed by atoms with van der Waals surface area (Å²) in [5, 5.41) is 18.4. The third kappa shape index (κ3) is 3.88. The number of aromatic nitrogens is 4. The zero-order chi connectivity index (χ0) is 23.9. The lowest BCUT2D eigenvalue weighted by molar-refractivity contribution is -0.0296. The summed E-state index contributed by atoms with van der Waals surface area (Å²) >= 11 is 0. The van der Waals surface area contributed by atoms with Gasteiger partial charge in [-0.3, -0.25) is 19.3 Å². The molecule has 0 atom stereocenters. The van der Waals surface area contributed by atoms with Crippen LogP contribution in [0.4, 0.5) is 4.39 Å². The summed E-state index contributed by atoms with van der Waals surface area (Å²) in [6.45, 7) is 2.20. The number of nitrogens with one attached hydrogen (secondary N) is 1. The summed E-state index contributed by atoms with van der Waals surface area (Å²) in [6, 6.07) is 13.8. The monoisotopic (exact) mass is 461 g/mol. The SMILES string of the molecule is Cc1c(F)cccc1C(=O)N1CCC(O)(Cn2c(-c3ccccc3)nc3[nH]ncc3c2=O)CC1. The minimum atomic E-state index is -1.21. The van der Waals surface area contributed by atoms with Crippen LogP contribution in [0.25, 0.3) is 22.4 Å². The molecule has 9 heteroatoms. The fraction of sp³-hybridized carbons (Fsp3) is 0.280. The van der Waals surface area contributed by atoms with Crippen LogP contribution in [0.2, 0.25) is 0 Å². The van der Waals surface area contributed by atoms with Crippen molar-refractivity contribution in [1.82, 2.24) is 24.6 Å². The molecule has 1 saturated heterocycles. The number of benzene rings is 2. The summed E-state index contributed by atoms with van der Waals surface area (Å²) in [4.78, 5) is 32.4. The number of carbonyl (C=O) groups excluding carboxylic acids is 1. The van der Waals surface area contributed by atoms with Crippen LogP contribution in [-0.4, -0.2) is 54.4 Å². The van der Waals surface area contributed by atoms with Gasteiger partial charge in [0.15, 0.2) is 5.65 Å². The first-order valence-electron chi connectivity index (χ1n) is 11.1. The molecule has 8 nitrogen and oxygen atoms in total. The first-order chi connectivity index (χ1) is 16.4. The number of H-pyrrole nitrogens is 1. The highest BCUT2D eigenvalue weighted by Crippen LogP contribution is 2.28. The second-order valence-electron chi connectivity index (χ2n) is 8.75. The van der Waals surface area contributed by atoms with Crippen molar-refractivity contribution in [3.8, 4) is 11.4 Å². The van der Waals surface area contributed by atoms with Crippen LogP contribution < -0.4 is 5.56 Å². The molecule has 2 N–H and O–H groups in total. The van der Waals surface area contributed by atoms with E-state index in [-0.39, 0.29) is 30.9 Å². The molecule has 0 bridgehead atoms. The third-order valence-corrected chi connectivity index (χ3v) is 6.53. The lowest BCUT2D eigenvalue weighted by Gasteiger charge is -2.39. The second-order valence-corrected chi connectivity index (χ2v) is 8.75. The Morgan fingerprint density at radius 2 is 1.88 bits per heavy atom. The van der Waals surface area contributed by atoms with E-state index in [2.05, 4.69) is 15.2 Å². The smallest absolute Gasteiger partial charge is 0.265 e. The first-order valence-corrected chi connectivity index (χ1v) is 11.1. The highest BCUT2D eigenvalue weighted by atomic mass is 19.1. The molecule has 2 aromatic heterocycles. The van der Waals surface area contributed by atoms with E-state index in [1.165, 1.54) is 22.9 Å². The predicted molar refractivity (Wildman–Crippen MR) is 125 cm³/mol. The number of hydrogen-bond donors (Lipinski definition) is 2. The number of aliphatic hydroxyl groups is 1. The quantitative estimate of drug-likeness (QED) is 0.486. The van der Waals surface area contributed by atoms with E-state index in [4.69, 9.17) is 0 Å². The molecule has 0 radical (unpaired) electrons. The molecule has 174 valence electrons. The Morgan fingerprint density at radius 3 is 2.62 bits per heavy atom. The van der Waals surface area contributed by atoms with E-state index in [1.807, 2.05) is 30.3 Å². The average Bonchev–Trinajstić information content (AvgIpc) is 3.32. The minimum Gasteiger partial charge on any atom is -0.388 e. The molecular formula is C25H24FN5O3. The molecule has 34 heavy (non-hydrogen) atoms. The summed E-state index contributed by atoms with van der Waals surface area (Å²) in [7, 11) is 0. The van der Waals surface area contributed by atoms with Gasteiger partial charge in [-0.05, 0) is 37.5 Å². The topological polar surface area (TPSA) is 104 Å². The number of piperidine rings is 1. The molecule has 1 fully saturated rings. The van der Waals surface area contributed by atoms with Crippen LogP contribution in [-0.2, 0) is 6.54 Å². The van der Waals surface area contributed by atoms with Crippen LogP contribution in [0.3, 0.4) is 0 Å². The number of amides is 1. The van der Waals surface area contributed by atoms with Gasteiger partial charge in [-0.25, -0.2) is 9.37 Å². The number of nitrogens with zero attached hydrogens (tertiary/aromatic N) is 4. The number of rotatable bonds is 4. The van der Waals surface area contributed by atoms with Crippen molar-refractivity contribution in [3.63, 3.8) is 0 Å². The number of carbonyl (C=O) groups is 1. The largest absolute Gasteiger partial charge is 0.388 e. The van der Waals surface area contributed by atoms with Gasteiger partial charge in [0.05, 0.1) is 18.3 Å². The number of fused-ring (bicyclic) bond motifs is 1. The van der Waals surface area contributed by atoms with Gasteiger partial charge in [-0.2, -0.15) is 5.10 Å². The van der Waals surface area contributed by atoms with E-state index in [0.29, 0.717) is 41.1 Å². The van der Waals surface area contributed by atoms with Gasteiger partial charge in [-0.1, -0.05) is 36.4 Å². The maximum absolute atomic E-state index is 13.9. The van der Waals surface area contributed by atoms with Crippen LogP contribution >= 0.6 is 0 Å². The fourth-order valence-corrected chi connectivity index (χ4v) is 4.47. The van der Waals surface area contributed by atoms with Crippen LogP contribution in [0.15, 0.2) is 59.5 Å². The number of halogens is 1. The van der Waals surface area contributed by atoms with Gasteiger partial charge >= 0.3 is 0 Å². The van der Waals surface area contributed by atoms with Crippen LogP contribution in [0.1, 0.15) is 28.8 Å². The first kappa shape index (κ1) is 22.0. The second kappa shape index (κ2) is 8.49. The van der Waals surface area contributed by atoms with Crippen LogP contribution in [0, 0.1) is 12.7 Å². The molecule has 0 spiro atoms. The Bertz CT molecular complexity index is 1420. The highest BCUT2D eigenvalue weighted by molar-refractivity contribution is 5.95. The Balaban J connectivity index is 1.42. The number of hydrogen-bond acceptors (Lipinski definition) is 5.